The highest BCUT2D eigenvalue weighted by molar-refractivity contribution is 9.10. The molecule has 1 unspecified atom stereocenters. The maximum atomic E-state index is 9.16. The molecule has 0 spiro atoms. The summed E-state index contributed by atoms with van der Waals surface area (Å²) >= 11 is 3.51. The Balaban J connectivity index is 1.70. The Morgan fingerprint density at radius 2 is 2.25 bits per heavy atom. The summed E-state index contributed by atoms with van der Waals surface area (Å²) in [6.07, 6.45) is 5.62. The van der Waals surface area contributed by atoms with Gasteiger partial charge >= 0.3 is 0 Å². The first-order chi connectivity index (χ1) is 9.72. The maximum Gasteiger partial charge on any atom is 0.125 e. The van der Waals surface area contributed by atoms with E-state index in [4.69, 9.17) is 9.84 Å². The molecule has 1 aromatic carbocycles. The van der Waals surface area contributed by atoms with Gasteiger partial charge in [-0.2, -0.15) is 0 Å². The van der Waals surface area contributed by atoms with Crippen LogP contribution in [0.15, 0.2) is 22.7 Å². The minimum absolute atomic E-state index is 0.305. The molecule has 2 aliphatic rings. The lowest BCUT2D eigenvalue weighted by Crippen LogP contribution is -2.28. The van der Waals surface area contributed by atoms with Crippen LogP contribution in [-0.4, -0.2) is 24.9 Å². The van der Waals surface area contributed by atoms with Crippen LogP contribution < -0.4 is 10.1 Å². The van der Waals surface area contributed by atoms with Gasteiger partial charge in [0.2, 0.25) is 0 Å². The molecular weight excluding hydrogens is 318 g/mol. The van der Waals surface area contributed by atoms with Crippen LogP contribution >= 0.6 is 15.9 Å². The quantitative estimate of drug-likeness (QED) is 0.863. The molecule has 0 radical (unpaired) electrons. The van der Waals surface area contributed by atoms with Gasteiger partial charge in [0.15, 0.2) is 0 Å². The number of ether oxygens (including phenoxy) is 1. The molecule has 110 valence electrons. The first kappa shape index (κ1) is 14.4. The lowest BCUT2D eigenvalue weighted by molar-refractivity contribution is 0.241. The lowest BCUT2D eigenvalue weighted by Gasteiger charge is -2.22. The van der Waals surface area contributed by atoms with Gasteiger partial charge in [-0.15, -0.1) is 0 Å². The molecule has 0 bridgehead atoms. The molecule has 0 aromatic heterocycles. The summed E-state index contributed by atoms with van der Waals surface area (Å²) < 4.78 is 6.91. The molecule has 3 nitrogen and oxygen atoms in total. The van der Waals surface area contributed by atoms with Crippen molar-refractivity contribution < 1.29 is 9.84 Å². The Hall–Kier alpha value is -0.580. The Bertz CT molecular complexity index is 474. The first-order valence-electron chi connectivity index (χ1n) is 7.49. The van der Waals surface area contributed by atoms with Gasteiger partial charge in [-0.3, -0.25) is 0 Å². The third-order valence-electron chi connectivity index (χ3n) is 4.57. The first-order valence-corrected chi connectivity index (χ1v) is 8.28. The SMILES string of the molecule is OCCC1(CNC2CCCOc3cc(Br)ccc32)CC1. The van der Waals surface area contributed by atoms with Gasteiger partial charge in [-0.1, -0.05) is 22.0 Å². The third kappa shape index (κ3) is 3.18. The van der Waals surface area contributed by atoms with E-state index in [0.29, 0.717) is 18.1 Å². The molecule has 2 N–H and O–H groups in total. The fourth-order valence-corrected chi connectivity index (χ4v) is 3.37. The van der Waals surface area contributed by atoms with Crippen molar-refractivity contribution in [2.75, 3.05) is 19.8 Å². The Morgan fingerprint density at radius 1 is 1.40 bits per heavy atom. The number of hydrogen-bond donors (Lipinski definition) is 2. The summed E-state index contributed by atoms with van der Waals surface area (Å²) in [4.78, 5) is 0. The van der Waals surface area contributed by atoms with Crippen LogP contribution in [0.1, 0.15) is 43.7 Å². The predicted molar refractivity (Wildman–Crippen MR) is 83.0 cm³/mol. The van der Waals surface area contributed by atoms with E-state index in [1.807, 2.05) is 0 Å². The van der Waals surface area contributed by atoms with E-state index in [1.165, 1.54) is 18.4 Å². The monoisotopic (exact) mass is 339 g/mol. The number of rotatable bonds is 5. The van der Waals surface area contributed by atoms with Crippen LogP contribution in [-0.2, 0) is 0 Å². The predicted octanol–water partition coefficient (Wildman–Crippen LogP) is 3.42. The number of halogens is 1. The van der Waals surface area contributed by atoms with Gasteiger partial charge in [0.1, 0.15) is 5.75 Å². The van der Waals surface area contributed by atoms with Crippen LogP contribution in [0.25, 0.3) is 0 Å². The molecule has 3 rings (SSSR count). The third-order valence-corrected chi connectivity index (χ3v) is 5.06. The van der Waals surface area contributed by atoms with Crippen molar-refractivity contribution in [1.82, 2.24) is 5.32 Å². The van der Waals surface area contributed by atoms with Crippen molar-refractivity contribution in [3.05, 3.63) is 28.2 Å². The summed E-state index contributed by atoms with van der Waals surface area (Å²) in [7, 11) is 0. The Morgan fingerprint density at radius 3 is 3.00 bits per heavy atom. The molecule has 1 aliphatic carbocycles. The van der Waals surface area contributed by atoms with Gasteiger partial charge < -0.3 is 15.2 Å². The second-order valence-electron chi connectivity index (χ2n) is 6.08. The normalized spacial score (nSPS) is 23.6. The summed E-state index contributed by atoms with van der Waals surface area (Å²) in [5.41, 5.74) is 1.63. The average molecular weight is 340 g/mol. The van der Waals surface area contributed by atoms with Crippen molar-refractivity contribution in [1.29, 1.82) is 0 Å². The van der Waals surface area contributed by atoms with Gasteiger partial charge in [0.05, 0.1) is 6.61 Å². The molecule has 1 aliphatic heterocycles. The topological polar surface area (TPSA) is 41.5 Å². The molecule has 0 amide bonds. The standard InChI is InChI=1S/C16H22BrNO2/c17-12-3-4-13-14(2-1-9-20-15(13)10-12)18-11-16(5-6-16)7-8-19/h3-4,10,14,18-19H,1-2,5-9,11H2. The minimum Gasteiger partial charge on any atom is -0.493 e. The smallest absolute Gasteiger partial charge is 0.125 e. The molecular formula is C16H22BrNO2. The van der Waals surface area contributed by atoms with Crippen LogP contribution in [0.2, 0.25) is 0 Å². The number of aliphatic hydroxyl groups is 1. The minimum atomic E-state index is 0.305. The van der Waals surface area contributed by atoms with Crippen molar-refractivity contribution in [2.45, 2.75) is 38.1 Å². The lowest BCUT2D eigenvalue weighted by atomic mass is 9.98. The van der Waals surface area contributed by atoms with Crippen molar-refractivity contribution in [2.24, 2.45) is 5.41 Å². The Labute approximate surface area is 128 Å². The summed E-state index contributed by atoms with van der Waals surface area (Å²) in [5.74, 6) is 1.00. The second kappa shape index (κ2) is 6.04. The van der Waals surface area contributed by atoms with Crippen LogP contribution in [0.3, 0.4) is 0 Å². The number of benzene rings is 1. The molecule has 20 heavy (non-hydrogen) atoms. The van der Waals surface area contributed by atoms with E-state index in [9.17, 15) is 0 Å². The van der Waals surface area contributed by atoms with Crippen molar-refractivity contribution >= 4 is 15.9 Å². The summed E-state index contributed by atoms with van der Waals surface area (Å²) in [6, 6.07) is 6.68. The van der Waals surface area contributed by atoms with E-state index >= 15 is 0 Å². The molecule has 1 heterocycles. The molecule has 0 saturated heterocycles. The fraction of sp³-hybridized carbons (Fsp3) is 0.625. The van der Waals surface area contributed by atoms with E-state index in [-0.39, 0.29) is 0 Å². The highest BCUT2D eigenvalue weighted by atomic mass is 79.9. The van der Waals surface area contributed by atoms with Gasteiger partial charge in [0.25, 0.3) is 0 Å². The molecule has 1 saturated carbocycles. The summed E-state index contributed by atoms with van der Waals surface area (Å²) in [5, 5.41) is 12.9. The van der Waals surface area contributed by atoms with Gasteiger partial charge in [-0.25, -0.2) is 0 Å². The van der Waals surface area contributed by atoms with Gasteiger partial charge in [0, 0.05) is 29.2 Å². The Kier molecular flexibility index (Phi) is 4.34. The van der Waals surface area contributed by atoms with Crippen LogP contribution in [0.5, 0.6) is 5.75 Å². The average Bonchev–Trinajstić information content (AvgIpc) is 3.21. The van der Waals surface area contributed by atoms with E-state index < -0.39 is 0 Å². The number of aliphatic hydroxyl groups excluding tert-OH is 1. The molecule has 1 fully saturated rings. The number of hydrogen-bond acceptors (Lipinski definition) is 3. The van der Waals surface area contributed by atoms with Crippen molar-refractivity contribution in [3.8, 4) is 5.75 Å². The zero-order chi connectivity index (χ0) is 14.0. The van der Waals surface area contributed by atoms with Crippen molar-refractivity contribution in [3.63, 3.8) is 0 Å². The zero-order valence-electron chi connectivity index (χ0n) is 11.7. The van der Waals surface area contributed by atoms with E-state index in [2.05, 4.69) is 39.4 Å². The second-order valence-corrected chi connectivity index (χ2v) is 7.00. The number of fused-ring (bicyclic) bond motifs is 1. The van der Waals surface area contributed by atoms with Crippen LogP contribution in [0, 0.1) is 5.41 Å². The fourth-order valence-electron chi connectivity index (χ4n) is 3.03. The van der Waals surface area contributed by atoms with E-state index in [0.717, 1.165) is 42.6 Å². The van der Waals surface area contributed by atoms with Gasteiger partial charge in [-0.05, 0) is 49.7 Å². The maximum absolute atomic E-state index is 9.16. The van der Waals surface area contributed by atoms with E-state index in [1.54, 1.807) is 0 Å². The molecule has 1 aromatic rings. The highest BCUT2D eigenvalue weighted by Crippen LogP contribution is 2.48. The van der Waals surface area contributed by atoms with Crippen LogP contribution in [0.4, 0.5) is 0 Å². The zero-order valence-corrected chi connectivity index (χ0v) is 13.3. The number of nitrogens with one attached hydrogen (secondary N) is 1. The molecule has 4 heteroatoms. The summed E-state index contributed by atoms with van der Waals surface area (Å²) in [6.45, 7) is 2.11. The molecule has 1 atom stereocenters. The highest BCUT2D eigenvalue weighted by Gasteiger charge is 2.41. The largest absolute Gasteiger partial charge is 0.493 e.